The minimum atomic E-state index is -0.496. The molecule has 0 unspecified atom stereocenters. The molecule has 0 bridgehead atoms. The highest BCUT2D eigenvalue weighted by molar-refractivity contribution is 5.50. The van der Waals surface area contributed by atoms with Crippen molar-refractivity contribution >= 4 is 17.8 Å². The van der Waals surface area contributed by atoms with Crippen LogP contribution in [0, 0.1) is 17.6 Å². The van der Waals surface area contributed by atoms with Crippen LogP contribution < -0.4 is 26.0 Å². The van der Waals surface area contributed by atoms with Crippen LogP contribution in [0.4, 0.5) is 26.6 Å². The molecule has 2 aliphatic heterocycles. The lowest BCUT2D eigenvalue weighted by Gasteiger charge is -2.33. The number of hydrogen-bond acceptors (Lipinski definition) is 10. The SMILES string of the molecule is CCc1noc(N2CCC([C@H](C)Oc3cnc(N4C[C@H](c5cc(F)ccc5F)[C@@H](N)C4)nc3N)CC2)n1. The van der Waals surface area contributed by atoms with Gasteiger partial charge in [0.1, 0.15) is 11.6 Å². The van der Waals surface area contributed by atoms with Gasteiger partial charge >= 0.3 is 6.01 Å². The summed E-state index contributed by atoms with van der Waals surface area (Å²) in [4.78, 5) is 17.2. The summed E-state index contributed by atoms with van der Waals surface area (Å²) < 4.78 is 39.5. The number of ether oxygens (including phenoxy) is 1. The number of aromatic nitrogens is 4. The summed E-state index contributed by atoms with van der Waals surface area (Å²) in [6.45, 7) is 6.37. The van der Waals surface area contributed by atoms with E-state index < -0.39 is 17.7 Å². The predicted molar refractivity (Wildman–Crippen MR) is 134 cm³/mol. The topological polar surface area (TPSA) is 132 Å². The zero-order valence-corrected chi connectivity index (χ0v) is 21.0. The maximum atomic E-state index is 14.3. The van der Waals surface area contributed by atoms with Gasteiger partial charge in [-0.2, -0.15) is 9.97 Å². The maximum Gasteiger partial charge on any atom is 0.324 e. The lowest BCUT2D eigenvalue weighted by Crippen LogP contribution is -2.39. The van der Waals surface area contributed by atoms with Crippen molar-refractivity contribution in [3.05, 3.63) is 47.4 Å². The molecule has 0 saturated carbocycles. The summed E-state index contributed by atoms with van der Waals surface area (Å²) >= 11 is 0. The molecular formula is C25H32F2N8O2. The molecule has 3 aromatic rings. The minimum absolute atomic E-state index is 0.0895. The summed E-state index contributed by atoms with van der Waals surface area (Å²) in [7, 11) is 0. The number of nitrogens with two attached hydrogens (primary N) is 2. The first-order valence-electron chi connectivity index (χ1n) is 12.6. The highest BCUT2D eigenvalue weighted by Crippen LogP contribution is 2.33. The van der Waals surface area contributed by atoms with Gasteiger partial charge in [-0.3, -0.25) is 0 Å². The zero-order chi connectivity index (χ0) is 26.1. The van der Waals surface area contributed by atoms with Crippen molar-refractivity contribution in [3.8, 4) is 5.75 Å². The van der Waals surface area contributed by atoms with Crippen molar-refractivity contribution < 1.29 is 18.0 Å². The van der Waals surface area contributed by atoms with Crippen LogP contribution in [0.1, 0.15) is 44.0 Å². The van der Waals surface area contributed by atoms with Gasteiger partial charge in [0.2, 0.25) is 5.95 Å². The Morgan fingerprint density at radius 3 is 2.65 bits per heavy atom. The third-order valence-corrected chi connectivity index (χ3v) is 7.34. The first kappa shape index (κ1) is 25.1. The number of nitrogen functional groups attached to an aromatic ring is 1. The number of piperidine rings is 1. The predicted octanol–water partition coefficient (Wildman–Crippen LogP) is 2.90. The van der Waals surface area contributed by atoms with E-state index in [1.807, 2.05) is 18.7 Å². The summed E-state index contributed by atoms with van der Waals surface area (Å²) in [5, 5.41) is 3.97. The van der Waals surface area contributed by atoms with Gasteiger partial charge in [0.25, 0.3) is 0 Å². The van der Waals surface area contributed by atoms with Crippen LogP contribution in [0.25, 0.3) is 0 Å². The first-order chi connectivity index (χ1) is 17.8. The number of aryl methyl sites for hydroxylation is 1. The lowest BCUT2D eigenvalue weighted by molar-refractivity contribution is 0.132. The molecule has 2 fully saturated rings. The van der Waals surface area contributed by atoms with Crippen LogP contribution >= 0.6 is 0 Å². The molecule has 2 aromatic heterocycles. The van der Waals surface area contributed by atoms with Crippen molar-refractivity contribution in [3.63, 3.8) is 0 Å². The summed E-state index contributed by atoms with van der Waals surface area (Å²) in [5.74, 6) is 0.692. The molecule has 0 radical (unpaired) electrons. The van der Waals surface area contributed by atoms with Gasteiger partial charge in [-0.05, 0) is 49.4 Å². The molecule has 3 atom stereocenters. The average molecular weight is 515 g/mol. The van der Waals surface area contributed by atoms with E-state index >= 15 is 0 Å². The Labute approximate surface area is 214 Å². The Kier molecular flexibility index (Phi) is 7.09. The van der Waals surface area contributed by atoms with Crippen molar-refractivity contribution in [2.24, 2.45) is 11.7 Å². The van der Waals surface area contributed by atoms with E-state index in [4.69, 9.17) is 20.7 Å². The number of halogens is 2. The largest absolute Gasteiger partial charge is 0.485 e. The average Bonchev–Trinajstić information content (AvgIpc) is 3.53. The smallest absolute Gasteiger partial charge is 0.324 e. The maximum absolute atomic E-state index is 14.3. The van der Waals surface area contributed by atoms with E-state index in [0.717, 1.165) is 44.5 Å². The molecule has 37 heavy (non-hydrogen) atoms. The van der Waals surface area contributed by atoms with Crippen LogP contribution in [0.3, 0.4) is 0 Å². The normalized spacial score (nSPS) is 21.4. The van der Waals surface area contributed by atoms with Gasteiger partial charge < -0.3 is 30.5 Å². The van der Waals surface area contributed by atoms with Gasteiger partial charge in [-0.15, -0.1) is 0 Å². The van der Waals surface area contributed by atoms with Crippen molar-refractivity contribution in [1.82, 2.24) is 20.1 Å². The molecule has 0 spiro atoms. The third-order valence-electron chi connectivity index (χ3n) is 7.34. The molecule has 0 aliphatic carbocycles. The van der Waals surface area contributed by atoms with E-state index in [-0.39, 0.29) is 23.4 Å². The first-order valence-corrected chi connectivity index (χ1v) is 12.6. The number of nitrogens with zero attached hydrogens (tertiary/aromatic N) is 6. The van der Waals surface area contributed by atoms with Gasteiger partial charge in [-0.25, -0.2) is 13.8 Å². The van der Waals surface area contributed by atoms with E-state index in [1.54, 1.807) is 6.20 Å². The van der Waals surface area contributed by atoms with Crippen LogP contribution in [-0.2, 0) is 6.42 Å². The van der Waals surface area contributed by atoms with Gasteiger partial charge in [-0.1, -0.05) is 12.1 Å². The minimum Gasteiger partial charge on any atom is -0.485 e. The lowest BCUT2D eigenvalue weighted by atomic mass is 9.92. The number of benzene rings is 1. The van der Waals surface area contributed by atoms with E-state index in [9.17, 15) is 8.78 Å². The third kappa shape index (κ3) is 5.29. The highest BCUT2D eigenvalue weighted by Gasteiger charge is 2.35. The Morgan fingerprint density at radius 2 is 1.95 bits per heavy atom. The molecule has 0 amide bonds. The van der Waals surface area contributed by atoms with Crippen LogP contribution in [0.2, 0.25) is 0 Å². The van der Waals surface area contributed by atoms with Gasteiger partial charge in [0, 0.05) is 44.6 Å². The van der Waals surface area contributed by atoms with Crippen molar-refractivity contribution in [2.45, 2.75) is 51.2 Å². The standard InChI is InChI=1S/C25H32F2N8O2/c1-3-22-31-25(37-33-22)34-8-6-15(7-9-34)14(2)36-21-11-30-24(32-23(21)29)35-12-18(20(28)13-35)17-10-16(26)4-5-19(17)27/h4-5,10-11,14-15,18,20H,3,6-9,12-13,28H2,1-2H3,(H2,29,30,32)/t14-,18+,20-/m0/s1. The molecule has 4 N–H and O–H groups in total. The monoisotopic (exact) mass is 514 g/mol. The van der Waals surface area contributed by atoms with Crippen molar-refractivity contribution in [2.75, 3.05) is 41.7 Å². The second-order valence-electron chi connectivity index (χ2n) is 9.75. The Balaban J connectivity index is 1.19. The van der Waals surface area contributed by atoms with Crippen LogP contribution in [-0.4, -0.2) is 58.4 Å². The van der Waals surface area contributed by atoms with E-state index in [0.29, 0.717) is 42.5 Å². The molecule has 198 valence electrons. The fraction of sp³-hybridized carbons (Fsp3) is 0.520. The van der Waals surface area contributed by atoms with Gasteiger partial charge in [0.05, 0.1) is 12.3 Å². The Morgan fingerprint density at radius 1 is 1.16 bits per heavy atom. The summed E-state index contributed by atoms with van der Waals surface area (Å²) in [5.41, 5.74) is 12.8. The van der Waals surface area contributed by atoms with Gasteiger partial charge in [0.15, 0.2) is 17.4 Å². The molecule has 2 saturated heterocycles. The Bertz CT molecular complexity index is 1230. The number of anilines is 3. The molecule has 10 nitrogen and oxygen atoms in total. The van der Waals surface area contributed by atoms with Crippen LogP contribution in [0.15, 0.2) is 28.9 Å². The quantitative estimate of drug-likeness (QED) is 0.485. The fourth-order valence-corrected chi connectivity index (χ4v) is 5.11. The van der Waals surface area contributed by atoms with E-state index in [1.165, 1.54) is 6.07 Å². The van der Waals surface area contributed by atoms with Crippen LogP contribution in [0.5, 0.6) is 5.75 Å². The summed E-state index contributed by atoms with van der Waals surface area (Å²) in [6.07, 6.45) is 4.04. The Hall–Kier alpha value is -3.54. The molecule has 1 aromatic carbocycles. The zero-order valence-electron chi connectivity index (χ0n) is 21.0. The second kappa shape index (κ2) is 10.4. The van der Waals surface area contributed by atoms with Crippen molar-refractivity contribution in [1.29, 1.82) is 0 Å². The molecular weight excluding hydrogens is 482 g/mol. The van der Waals surface area contributed by atoms with E-state index in [2.05, 4.69) is 25.0 Å². The number of rotatable bonds is 7. The molecule has 5 rings (SSSR count). The number of hydrogen-bond donors (Lipinski definition) is 2. The highest BCUT2D eigenvalue weighted by atomic mass is 19.1. The molecule has 12 heteroatoms. The second-order valence-corrected chi connectivity index (χ2v) is 9.75. The molecule has 2 aliphatic rings. The fourth-order valence-electron chi connectivity index (χ4n) is 5.11. The molecule has 4 heterocycles. The summed E-state index contributed by atoms with van der Waals surface area (Å²) in [6, 6.07) is 3.59.